The summed E-state index contributed by atoms with van der Waals surface area (Å²) >= 11 is 0. The lowest BCUT2D eigenvalue weighted by atomic mass is 9.73. The van der Waals surface area contributed by atoms with Gasteiger partial charge < -0.3 is 15.4 Å². The Labute approximate surface area is 182 Å². The number of carbonyl (C=O) groups excluding carboxylic acids is 4. The maximum absolute atomic E-state index is 12.9. The molecule has 0 aromatic heterocycles. The van der Waals surface area contributed by atoms with Gasteiger partial charge in [-0.3, -0.25) is 19.3 Å². The number of nitrogens with one attached hydrogen (secondary N) is 2. The van der Waals surface area contributed by atoms with Crippen molar-refractivity contribution in [2.24, 2.45) is 5.92 Å². The predicted octanol–water partition coefficient (Wildman–Crippen LogP) is 2.69. The van der Waals surface area contributed by atoms with Gasteiger partial charge >= 0.3 is 12.0 Å². The van der Waals surface area contributed by atoms with Crippen LogP contribution >= 0.6 is 0 Å². The highest BCUT2D eigenvalue weighted by molar-refractivity contribution is 6.09. The molecule has 2 fully saturated rings. The maximum atomic E-state index is 12.9. The molecule has 3 rings (SSSR count). The molecule has 1 aliphatic carbocycles. The summed E-state index contributed by atoms with van der Waals surface area (Å²) in [5.41, 5.74) is 0.0611. The first-order valence-electron chi connectivity index (χ1n) is 11.0. The molecular weight excluding hydrogens is 398 g/mol. The van der Waals surface area contributed by atoms with E-state index in [2.05, 4.69) is 10.6 Å². The number of nitrogens with zero attached hydrogens (tertiary/aromatic N) is 1. The minimum atomic E-state index is -0.921. The maximum Gasteiger partial charge on any atom is 0.326 e. The second-order valence-electron chi connectivity index (χ2n) is 8.42. The number of hydrogen-bond acceptors (Lipinski definition) is 5. The number of amides is 4. The van der Waals surface area contributed by atoms with Crippen LogP contribution in [0, 0.1) is 5.92 Å². The molecule has 1 heterocycles. The molecule has 8 nitrogen and oxygen atoms in total. The Morgan fingerprint density at radius 3 is 2.68 bits per heavy atom. The summed E-state index contributed by atoms with van der Waals surface area (Å²) in [7, 11) is 0. The average molecular weight is 430 g/mol. The summed E-state index contributed by atoms with van der Waals surface area (Å²) in [5.74, 6) is -1.58. The van der Waals surface area contributed by atoms with Crippen LogP contribution in [0.3, 0.4) is 0 Å². The van der Waals surface area contributed by atoms with E-state index in [1.807, 2.05) is 44.2 Å². The van der Waals surface area contributed by atoms with Crippen LogP contribution in [0.5, 0.6) is 0 Å². The van der Waals surface area contributed by atoms with Crippen molar-refractivity contribution < 1.29 is 23.9 Å². The molecule has 1 spiro atoms. The molecule has 1 saturated carbocycles. The van der Waals surface area contributed by atoms with E-state index in [-0.39, 0.29) is 17.9 Å². The fourth-order valence-electron chi connectivity index (χ4n) is 4.49. The Morgan fingerprint density at radius 2 is 2.00 bits per heavy atom. The zero-order valence-electron chi connectivity index (χ0n) is 18.2. The van der Waals surface area contributed by atoms with Gasteiger partial charge in [-0.2, -0.15) is 0 Å². The van der Waals surface area contributed by atoms with Crippen LogP contribution in [0.25, 0.3) is 0 Å². The molecule has 0 unspecified atom stereocenters. The van der Waals surface area contributed by atoms with Crippen molar-refractivity contribution in [3.63, 3.8) is 0 Å². The van der Waals surface area contributed by atoms with Crippen molar-refractivity contribution in [2.45, 2.75) is 64.0 Å². The number of benzene rings is 1. The molecule has 1 aromatic rings. The lowest BCUT2D eigenvalue weighted by molar-refractivity contribution is -0.151. The molecule has 3 atom stereocenters. The van der Waals surface area contributed by atoms with Crippen molar-refractivity contribution in [2.75, 3.05) is 13.2 Å². The second-order valence-corrected chi connectivity index (χ2v) is 8.42. The van der Waals surface area contributed by atoms with Crippen molar-refractivity contribution >= 4 is 23.8 Å². The number of ether oxygens (including phenoxy) is 1. The first kappa shape index (κ1) is 22.8. The van der Waals surface area contributed by atoms with E-state index in [0.717, 1.165) is 42.6 Å². The first-order chi connectivity index (χ1) is 14.9. The monoisotopic (exact) mass is 429 g/mol. The topological polar surface area (TPSA) is 105 Å². The number of hydrogen-bond donors (Lipinski definition) is 2. The SMILES string of the molecule is CCC[C@H](NC(=O)COC(=O)CN1C(=O)N[C@]2(CCCC[C@@H]2C)C1=O)c1ccccc1. The van der Waals surface area contributed by atoms with Crippen LogP contribution < -0.4 is 10.6 Å². The minimum Gasteiger partial charge on any atom is -0.454 e. The van der Waals surface area contributed by atoms with Gasteiger partial charge in [-0.05, 0) is 30.7 Å². The van der Waals surface area contributed by atoms with Crippen LogP contribution in [-0.4, -0.2) is 47.4 Å². The van der Waals surface area contributed by atoms with E-state index in [0.29, 0.717) is 6.42 Å². The molecule has 1 saturated heterocycles. The molecule has 0 bridgehead atoms. The van der Waals surface area contributed by atoms with Crippen molar-refractivity contribution in [3.05, 3.63) is 35.9 Å². The number of urea groups is 1. The van der Waals surface area contributed by atoms with Crippen LogP contribution in [-0.2, 0) is 19.1 Å². The summed E-state index contributed by atoms with van der Waals surface area (Å²) in [5, 5.41) is 5.67. The molecule has 1 aliphatic heterocycles. The van der Waals surface area contributed by atoms with Crippen LogP contribution in [0.15, 0.2) is 30.3 Å². The Bertz CT molecular complexity index is 828. The molecule has 1 aromatic carbocycles. The Balaban J connectivity index is 1.52. The van der Waals surface area contributed by atoms with Gasteiger partial charge in [0.15, 0.2) is 6.61 Å². The normalized spacial score (nSPS) is 24.1. The van der Waals surface area contributed by atoms with E-state index < -0.39 is 36.6 Å². The van der Waals surface area contributed by atoms with Crippen LogP contribution in [0.1, 0.15) is 64.0 Å². The quantitative estimate of drug-likeness (QED) is 0.488. The molecule has 4 amide bonds. The van der Waals surface area contributed by atoms with E-state index in [1.54, 1.807) is 0 Å². The number of carbonyl (C=O) groups is 4. The summed E-state index contributed by atoms with van der Waals surface area (Å²) in [6, 6.07) is 8.84. The summed E-state index contributed by atoms with van der Waals surface area (Å²) in [6.45, 7) is 3.02. The number of imide groups is 1. The third kappa shape index (κ3) is 5.06. The highest BCUT2D eigenvalue weighted by Crippen LogP contribution is 2.38. The Morgan fingerprint density at radius 1 is 1.26 bits per heavy atom. The van der Waals surface area contributed by atoms with Crippen molar-refractivity contribution in [1.29, 1.82) is 0 Å². The van der Waals surface area contributed by atoms with Gasteiger partial charge in [-0.1, -0.05) is 63.4 Å². The van der Waals surface area contributed by atoms with E-state index in [1.165, 1.54) is 0 Å². The molecule has 8 heteroatoms. The standard InChI is InChI=1S/C23H31N3O5/c1-3-9-18(17-11-5-4-6-12-17)24-19(27)15-31-20(28)14-26-21(29)23(25-22(26)30)13-8-7-10-16(23)2/h4-6,11-12,16,18H,3,7-10,13-15H2,1-2H3,(H,24,27)(H,25,30)/t16-,18-,23-/m0/s1. The van der Waals surface area contributed by atoms with Gasteiger partial charge in [0.05, 0.1) is 6.04 Å². The fraction of sp³-hybridized carbons (Fsp3) is 0.565. The lowest BCUT2D eigenvalue weighted by Gasteiger charge is -2.36. The van der Waals surface area contributed by atoms with Gasteiger partial charge in [0.1, 0.15) is 12.1 Å². The van der Waals surface area contributed by atoms with Gasteiger partial charge in [-0.15, -0.1) is 0 Å². The summed E-state index contributed by atoms with van der Waals surface area (Å²) in [4.78, 5) is 50.7. The predicted molar refractivity (Wildman–Crippen MR) is 114 cm³/mol. The van der Waals surface area contributed by atoms with Crippen molar-refractivity contribution in [3.8, 4) is 0 Å². The largest absolute Gasteiger partial charge is 0.454 e. The minimum absolute atomic E-state index is 0.0120. The fourth-order valence-corrected chi connectivity index (χ4v) is 4.49. The smallest absolute Gasteiger partial charge is 0.326 e. The molecule has 0 radical (unpaired) electrons. The van der Waals surface area contributed by atoms with Crippen LogP contribution in [0.4, 0.5) is 4.79 Å². The summed E-state index contributed by atoms with van der Waals surface area (Å²) < 4.78 is 5.06. The molecule has 31 heavy (non-hydrogen) atoms. The van der Waals surface area contributed by atoms with E-state index >= 15 is 0 Å². The van der Waals surface area contributed by atoms with Gasteiger partial charge in [0.2, 0.25) is 0 Å². The van der Waals surface area contributed by atoms with Gasteiger partial charge in [0, 0.05) is 0 Å². The second kappa shape index (κ2) is 9.94. The Hall–Kier alpha value is -2.90. The van der Waals surface area contributed by atoms with Crippen molar-refractivity contribution in [1.82, 2.24) is 15.5 Å². The average Bonchev–Trinajstić information content (AvgIpc) is 2.99. The number of esters is 1. The highest BCUT2D eigenvalue weighted by Gasteiger charge is 2.55. The third-order valence-corrected chi connectivity index (χ3v) is 6.27. The molecule has 2 N–H and O–H groups in total. The van der Waals surface area contributed by atoms with E-state index in [9.17, 15) is 19.2 Å². The highest BCUT2D eigenvalue weighted by atomic mass is 16.5. The lowest BCUT2D eigenvalue weighted by Crippen LogP contribution is -2.54. The summed E-state index contributed by atoms with van der Waals surface area (Å²) in [6.07, 6.45) is 4.94. The van der Waals surface area contributed by atoms with Crippen LogP contribution in [0.2, 0.25) is 0 Å². The molecular formula is C23H31N3O5. The van der Waals surface area contributed by atoms with Gasteiger partial charge in [-0.25, -0.2) is 4.79 Å². The third-order valence-electron chi connectivity index (χ3n) is 6.27. The molecule has 168 valence electrons. The number of rotatable bonds is 8. The zero-order chi connectivity index (χ0) is 22.4. The van der Waals surface area contributed by atoms with Gasteiger partial charge in [0.25, 0.3) is 11.8 Å². The molecule has 2 aliphatic rings. The Kier molecular flexibility index (Phi) is 7.30. The zero-order valence-corrected chi connectivity index (χ0v) is 18.2. The van der Waals surface area contributed by atoms with E-state index in [4.69, 9.17) is 4.74 Å². The first-order valence-corrected chi connectivity index (χ1v) is 11.0.